The van der Waals surface area contributed by atoms with Crippen LogP contribution in [0.3, 0.4) is 0 Å². The van der Waals surface area contributed by atoms with Gasteiger partial charge in [0.15, 0.2) is 0 Å². The molecule has 0 radical (unpaired) electrons. The molecule has 64 valence electrons. The molecule has 0 bridgehead atoms. The van der Waals surface area contributed by atoms with Crippen LogP contribution in [0.1, 0.15) is 12.8 Å². The van der Waals surface area contributed by atoms with E-state index in [4.69, 9.17) is 5.73 Å². The lowest BCUT2D eigenvalue weighted by Crippen LogP contribution is -2.39. The van der Waals surface area contributed by atoms with Gasteiger partial charge in [-0.2, -0.15) is 0 Å². The molecule has 1 aliphatic heterocycles. The molecule has 0 spiro atoms. The van der Waals surface area contributed by atoms with Crippen molar-refractivity contribution < 1.29 is 4.79 Å². The number of nitrogens with two attached hydrogens (primary N) is 1. The Balaban J connectivity index is 2.38. The second kappa shape index (κ2) is 3.83. The zero-order valence-electron chi connectivity index (χ0n) is 7.05. The van der Waals surface area contributed by atoms with Crippen LogP contribution in [0.4, 0.5) is 0 Å². The van der Waals surface area contributed by atoms with Crippen LogP contribution in [0, 0.1) is 5.92 Å². The molecular weight excluding hydrogens is 140 g/mol. The van der Waals surface area contributed by atoms with Gasteiger partial charge in [0.2, 0.25) is 0 Å². The molecule has 0 saturated carbocycles. The highest BCUT2D eigenvalue weighted by Gasteiger charge is 2.23. The van der Waals surface area contributed by atoms with E-state index in [1.54, 1.807) is 0 Å². The molecule has 1 atom stereocenters. The van der Waals surface area contributed by atoms with Crippen LogP contribution < -0.4 is 5.73 Å². The van der Waals surface area contributed by atoms with Gasteiger partial charge in [0.25, 0.3) is 0 Å². The standard InChI is InChI=1S/C8H16N2O/c1-10-5-3-7(2-4-9)8(11)6-10/h7H,2-6,9H2,1H3. The van der Waals surface area contributed by atoms with Crippen molar-refractivity contribution in [3.05, 3.63) is 0 Å². The summed E-state index contributed by atoms with van der Waals surface area (Å²) < 4.78 is 0. The molecule has 1 heterocycles. The van der Waals surface area contributed by atoms with Crippen LogP contribution in [0.5, 0.6) is 0 Å². The molecule has 0 aromatic rings. The number of likely N-dealkylation sites (tertiary alicyclic amines) is 1. The third-order valence-electron chi connectivity index (χ3n) is 2.26. The molecule has 0 amide bonds. The highest BCUT2D eigenvalue weighted by Crippen LogP contribution is 2.15. The smallest absolute Gasteiger partial charge is 0.149 e. The summed E-state index contributed by atoms with van der Waals surface area (Å²) in [5.41, 5.74) is 5.39. The summed E-state index contributed by atoms with van der Waals surface area (Å²) in [6.07, 6.45) is 1.86. The predicted octanol–water partition coefficient (Wildman–Crippen LogP) is -0.144. The summed E-state index contributed by atoms with van der Waals surface area (Å²) in [6.45, 7) is 2.29. The first kappa shape index (κ1) is 8.68. The second-order valence-corrected chi connectivity index (χ2v) is 3.27. The van der Waals surface area contributed by atoms with Gasteiger partial charge in [-0.1, -0.05) is 0 Å². The van der Waals surface area contributed by atoms with E-state index < -0.39 is 0 Å². The quantitative estimate of drug-likeness (QED) is 0.605. The fraction of sp³-hybridized carbons (Fsp3) is 0.875. The first-order chi connectivity index (χ1) is 5.24. The Morgan fingerprint density at radius 2 is 2.45 bits per heavy atom. The van der Waals surface area contributed by atoms with Gasteiger partial charge in [-0.15, -0.1) is 0 Å². The lowest BCUT2D eigenvalue weighted by atomic mass is 9.93. The third-order valence-corrected chi connectivity index (χ3v) is 2.26. The van der Waals surface area contributed by atoms with E-state index in [1.165, 1.54) is 0 Å². The van der Waals surface area contributed by atoms with Gasteiger partial charge >= 0.3 is 0 Å². The molecule has 0 aliphatic carbocycles. The summed E-state index contributed by atoms with van der Waals surface area (Å²) in [5.74, 6) is 0.611. The first-order valence-corrected chi connectivity index (χ1v) is 4.15. The van der Waals surface area contributed by atoms with Crippen LogP contribution in [-0.2, 0) is 4.79 Å². The monoisotopic (exact) mass is 156 g/mol. The number of ketones is 1. The van der Waals surface area contributed by atoms with E-state index >= 15 is 0 Å². The van der Waals surface area contributed by atoms with Gasteiger partial charge < -0.3 is 5.73 Å². The predicted molar refractivity (Wildman–Crippen MR) is 44.3 cm³/mol. The molecule has 11 heavy (non-hydrogen) atoms. The van der Waals surface area contributed by atoms with Crippen molar-refractivity contribution in [2.75, 3.05) is 26.7 Å². The van der Waals surface area contributed by atoms with E-state index in [9.17, 15) is 4.79 Å². The van der Waals surface area contributed by atoms with Crippen molar-refractivity contribution in [3.63, 3.8) is 0 Å². The number of rotatable bonds is 2. The van der Waals surface area contributed by atoms with Gasteiger partial charge in [0, 0.05) is 5.92 Å². The number of likely N-dealkylation sites (N-methyl/N-ethyl adjacent to an activating group) is 1. The van der Waals surface area contributed by atoms with E-state index in [2.05, 4.69) is 4.90 Å². The first-order valence-electron chi connectivity index (χ1n) is 4.15. The minimum absolute atomic E-state index is 0.246. The lowest BCUT2D eigenvalue weighted by Gasteiger charge is -2.27. The molecule has 2 N–H and O–H groups in total. The molecule has 0 aromatic heterocycles. The summed E-state index contributed by atoms with van der Waals surface area (Å²) in [5, 5.41) is 0. The molecule has 1 aliphatic rings. The normalized spacial score (nSPS) is 27.5. The SMILES string of the molecule is CN1CCC(CCN)C(=O)C1. The summed E-state index contributed by atoms with van der Waals surface area (Å²) in [6, 6.07) is 0. The number of nitrogens with zero attached hydrogens (tertiary/aromatic N) is 1. The summed E-state index contributed by atoms with van der Waals surface area (Å²) >= 11 is 0. The summed E-state index contributed by atoms with van der Waals surface area (Å²) in [4.78, 5) is 13.4. The molecule has 1 rings (SSSR count). The topological polar surface area (TPSA) is 46.3 Å². The van der Waals surface area contributed by atoms with Crippen molar-refractivity contribution in [1.29, 1.82) is 0 Å². The number of carbonyl (C=O) groups is 1. The zero-order valence-corrected chi connectivity index (χ0v) is 7.05. The fourth-order valence-corrected chi connectivity index (χ4v) is 1.52. The molecule has 1 saturated heterocycles. The molecule has 1 fully saturated rings. The number of hydrogen-bond acceptors (Lipinski definition) is 3. The van der Waals surface area contributed by atoms with Gasteiger partial charge in [-0.3, -0.25) is 9.69 Å². The Bertz CT molecular complexity index is 147. The molecule has 3 nitrogen and oxygen atoms in total. The summed E-state index contributed by atoms with van der Waals surface area (Å²) in [7, 11) is 1.98. The minimum atomic E-state index is 0.246. The third kappa shape index (κ3) is 2.27. The van der Waals surface area contributed by atoms with Gasteiger partial charge in [0.05, 0.1) is 6.54 Å². The number of carbonyl (C=O) groups excluding carboxylic acids is 1. The highest BCUT2D eigenvalue weighted by molar-refractivity contribution is 5.83. The Labute approximate surface area is 67.5 Å². The Hall–Kier alpha value is -0.410. The van der Waals surface area contributed by atoms with Crippen LogP contribution in [-0.4, -0.2) is 37.4 Å². The van der Waals surface area contributed by atoms with Crippen molar-refractivity contribution in [2.24, 2.45) is 11.7 Å². The van der Waals surface area contributed by atoms with E-state index in [1.807, 2.05) is 7.05 Å². The highest BCUT2D eigenvalue weighted by atomic mass is 16.1. The largest absolute Gasteiger partial charge is 0.330 e. The van der Waals surface area contributed by atoms with Gasteiger partial charge in [-0.05, 0) is 33.0 Å². The maximum Gasteiger partial charge on any atom is 0.149 e. The number of Topliss-reactive ketones (excluding diaryl/α,β-unsaturated/α-hetero) is 1. The lowest BCUT2D eigenvalue weighted by molar-refractivity contribution is -0.126. The maximum absolute atomic E-state index is 11.3. The van der Waals surface area contributed by atoms with Crippen LogP contribution in [0.15, 0.2) is 0 Å². The minimum Gasteiger partial charge on any atom is -0.330 e. The van der Waals surface area contributed by atoms with Gasteiger partial charge in [-0.25, -0.2) is 0 Å². The maximum atomic E-state index is 11.3. The molecular formula is C8H16N2O. The molecule has 3 heteroatoms. The van der Waals surface area contributed by atoms with Crippen molar-refractivity contribution in [1.82, 2.24) is 4.90 Å². The molecule has 0 aromatic carbocycles. The fourth-order valence-electron chi connectivity index (χ4n) is 1.52. The van der Waals surface area contributed by atoms with Gasteiger partial charge in [0.1, 0.15) is 5.78 Å². The van der Waals surface area contributed by atoms with Crippen LogP contribution in [0.2, 0.25) is 0 Å². The Morgan fingerprint density at radius 3 is 3.00 bits per heavy atom. The number of hydrogen-bond donors (Lipinski definition) is 1. The van der Waals surface area contributed by atoms with Crippen molar-refractivity contribution >= 4 is 5.78 Å². The second-order valence-electron chi connectivity index (χ2n) is 3.27. The zero-order chi connectivity index (χ0) is 8.27. The van der Waals surface area contributed by atoms with Crippen molar-refractivity contribution in [3.8, 4) is 0 Å². The van der Waals surface area contributed by atoms with E-state index in [0.29, 0.717) is 18.9 Å². The number of piperidine rings is 1. The average Bonchev–Trinajstić information content (AvgIpc) is 1.95. The van der Waals surface area contributed by atoms with Crippen molar-refractivity contribution in [2.45, 2.75) is 12.8 Å². The van der Waals surface area contributed by atoms with E-state index in [-0.39, 0.29) is 5.92 Å². The Morgan fingerprint density at radius 1 is 1.73 bits per heavy atom. The van der Waals surface area contributed by atoms with E-state index in [0.717, 1.165) is 19.4 Å². The van der Waals surface area contributed by atoms with Crippen LogP contribution in [0.25, 0.3) is 0 Å². The average molecular weight is 156 g/mol. The Kier molecular flexibility index (Phi) is 3.02. The van der Waals surface area contributed by atoms with Crippen LogP contribution >= 0.6 is 0 Å². The molecule has 1 unspecified atom stereocenters.